The van der Waals surface area contributed by atoms with E-state index in [-0.39, 0.29) is 12.7 Å². The molecule has 0 aliphatic carbocycles. The predicted molar refractivity (Wildman–Crippen MR) is 103 cm³/mol. The largest absolute Gasteiger partial charge is 0.454 e. The first-order valence-corrected chi connectivity index (χ1v) is 9.60. The summed E-state index contributed by atoms with van der Waals surface area (Å²) in [5.74, 6) is 1.19. The summed E-state index contributed by atoms with van der Waals surface area (Å²) in [5.41, 5.74) is 2.87. The van der Waals surface area contributed by atoms with Gasteiger partial charge in [-0.3, -0.25) is 4.79 Å². The van der Waals surface area contributed by atoms with Gasteiger partial charge in [-0.15, -0.1) is 0 Å². The topological polar surface area (TPSA) is 73.3 Å². The van der Waals surface area contributed by atoms with Crippen molar-refractivity contribution in [2.75, 3.05) is 13.0 Å². The zero-order valence-corrected chi connectivity index (χ0v) is 15.5. The van der Waals surface area contributed by atoms with Crippen LogP contribution in [0, 0.1) is 0 Å². The first kappa shape index (κ1) is 17.4. The number of ether oxygens (including phenoxy) is 2. The van der Waals surface area contributed by atoms with Crippen LogP contribution >= 0.6 is 11.8 Å². The lowest BCUT2D eigenvalue weighted by atomic mass is 10.1. The standard InChI is InChI=1S/C20H17N3O3S/c1-27-20-22-11-15(18(23-20)14-5-3-2-4-6-14)19(24)21-10-13-7-8-16-17(9-13)26-12-25-16/h2-9,11H,10,12H2,1H3,(H,21,24). The Hall–Kier alpha value is -3.06. The van der Waals surface area contributed by atoms with Crippen molar-refractivity contribution in [3.8, 4) is 22.8 Å². The maximum atomic E-state index is 12.8. The molecule has 1 aliphatic rings. The fraction of sp³-hybridized carbons (Fsp3) is 0.150. The Bertz CT molecular complexity index is 979. The van der Waals surface area contributed by atoms with Gasteiger partial charge in [0.25, 0.3) is 5.91 Å². The third-order valence-corrected chi connectivity index (χ3v) is 4.69. The molecule has 3 aromatic rings. The van der Waals surface area contributed by atoms with Crippen LogP contribution in [-0.4, -0.2) is 28.9 Å². The molecule has 27 heavy (non-hydrogen) atoms. The third kappa shape index (κ3) is 3.73. The summed E-state index contributed by atoms with van der Waals surface area (Å²) >= 11 is 1.44. The van der Waals surface area contributed by atoms with E-state index >= 15 is 0 Å². The molecule has 0 atom stereocenters. The molecular formula is C20H17N3O3S. The number of aromatic nitrogens is 2. The highest BCUT2D eigenvalue weighted by Gasteiger charge is 2.17. The number of fused-ring (bicyclic) bond motifs is 1. The molecule has 2 aromatic carbocycles. The Morgan fingerprint density at radius 2 is 1.96 bits per heavy atom. The van der Waals surface area contributed by atoms with Crippen LogP contribution in [0.3, 0.4) is 0 Å². The monoisotopic (exact) mass is 379 g/mol. The molecular weight excluding hydrogens is 362 g/mol. The number of carbonyl (C=O) groups excluding carboxylic acids is 1. The van der Waals surface area contributed by atoms with Gasteiger partial charge in [0, 0.05) is 18.3 Å². The molecule has 4 rings (SSSR count). The highest BCUT2D eigenvalue weighted by Crippen LogP contribution is 2.32. The van der Waals surface area contributed by atoms with E-state index in [9.17, 15) is 4.79 Å². The average molecular weight is 379 g/mol. The average Bonchev–Trinajstić information content (AvgIpc) is 3.20. The van der Waals surface area contributed by atoms with Crippen LogP contribution in [0.1, 0.15) is 15.9 Å². The molecule has 2 heterocycles. The lowest BCUT2D eigenvalue weighted by molar-refractivity contribution is 0.0950. The second-order valence-corrected chi connectivity index (χ2v) is 6.63. The number of hydrogen-bond donors (Lipinski definition) is 1. The van der Waals surface area contributed by atoms with Crippen molar-refractivity contribution >= 4 is 17.7 Å². The van der Waals surface area contributed by atoms with Gasteiger partial charge in [0.05, 0.1) is 11.3 Å². The van der Waals surface area contributed by atoms with E-state index in [0.29, 0.717) is 28.7 Å². The predicted octanol–water partition coefficient (Wildman–Crippen LogP) is 3.52. The van der Waals surface area contributed by atoms with Crippen LogP contribution in [-0.2, 0) is 6.54 Å². The summed E-state index contributed by atoms with van der Waals surface area (Å²) in [6, 6.07) is 15.2. The molecule has 0 saturated carbocycles. The Morgan fingerprint density at radius 1 is 1.15 bits per heavy atom. The zero-order chi connectivity index (χ0) is 18.6. The maximum absolute atomic E-state index is 12.8. The summed E-state index contributed by atoms with van der Waals surface area (Å²) in [5, 5.41) is 3.56. The molecule has 1 N–H and O–H groups in total. The molecule has 1 amide bonds. The molecule has 0 unspecified atom stereocenters. The van der Waals surface area contributed by atoms with E-state index in [1.165, 1.54) is 11.8 Å². The summed E-state index contributed by atoms with van der Waals surface area (Å²) in [6.07, 6.45) is 3.49. The molecule has 1 aliphatic heterocycles. The number of nitrogens with zero attached hydrogens (tertiary/aromatic N) is 2. The number of carbonyl (C=O) groups is 1. The maximum Gasteiger partial charge on any atom is 0.255 e. The Morgan fingerprint density at radius 3 is 2.78 bits per heavy atom. The normalized spacial score (nSPS) is 12.0. The second kappa shape index (κ2) is 7.67. The number of nitrogens with one attached hydrogen (secondary N) is 1. The first-order chi connectivity index (χ1) is 13.2. The molecule has 136 valence electrons. The lowest BCUT2D eigenvalue weighted by Gasteiger charge is -2.11. The van der Waals surface area contributed by atoms with Gasteiger partial charge in [0.1, 0.15) is 0 Å². The highest BCUT2D eigenvalue weighted by atomic mass is 32.2. The number of thioether (sulfide) groups is 1. The van der Waals surface area contributed by atoms with Crippen LogP contribution in [0.4, 0.5) is 0 Å². The van der Waals surface area contributed by atoms with Crippen molar-refractivity contribution in [2.24, 2.45) is 0 Å². The number of rotatable bonds is 5. The fourth-order valence-electron chi connectivity index (χ4n) is 2.77. The SMILES string of the molecule is CSc1ncc(C(=O)NCc2ccc3c(c2)OCO3)c(-c2ccccc2)n1. The van der Waals surface area contributed by atoms with Gasteiger partial charge in [-0.2, -0.15) is 0 Å². The van der Waals surface area contributed by atoms with Gasteiger partial charge in [0.15, 0.2) is 16.7 Å². The quantitative estimate of drug-likeness (QED) is 0.540. The van der Waals surface area contributed by atoms with Gasteiger partial charge in [-0.05, 0) is 24.0 Å². The van der Waals surface area contributed by atoms with Gasteiger partial charge < -0.3 is 14.8 Å². The third-order valence-electron chi connectivity index (χ3n) is 4.13. The minimum Gasteiger partial charge on any atom is -0.454 e. The molecule has 1 aromatic heterocycles. The van der Waals surface area contributed by atoms with Crippen molar-refractivity contribution in [2.45, 2.75) is 11.7 Å². The highest BCUT2D eigenvalue weighted by molar-refractivity contribution is 7.98. The van der Waals surface area contributed by atoms with E-state index < -0.39 is 0 Å². The van der Waals surface area contributed by atoms with Crippen LogP contribution in [0.5, 0.6) is 11.5 Å². The smallest absolute Gasteiger partial charge is 0.255 e. The van der Waals surface area contributed by atoms with Crippen molar-refractivity contribution in [1.29, 1.82) is 0 Å². The van der Waals surface area contributed by atoms with E-state index in [4.69, 9.17) is 9.47 Å². The van der Waals surface area contributed by atoms with Gasteiger partial charge in [-0.25, -0.2) is 9.97 Å². The van der Waals surface area contributed by atoms with E-state index in [0.717, 1.165) is 16.9 Å². The van der Waals surface area contributed by atoms with Crippen molar-refractivity contribution in [3.05, 3.63) is 65.9 Å². The van der Waals surface area contributed by atoms with E-state index in [1.807, 2.05) is 54.8 Å². The van der Waals surface area contributed by atoms with Gasteiger partial charge in [0.2, 0.25) is 6.79 Å². The van der Waals surface area contributed by atoms with Gasteiger partial charge >= 0.3 is 0 Å². The Kier molecular flexibility index (Phi) is 4.93. The molecule has 6 nitrogen and oxygen atoms in total. The summed E-state index contributed by atoms with van der Waals surface area (Å²) in [6.45, 7) is 0.596. The van der Waals surface area contributed by atoms with Crippen molar-refractivity contribution < 1.29 is 14.3 Å². The zero-order valence-electron chi connectivity index (χ0n) is 14.6. The van der Waals surface area contributed by atoms with Gasteiger partial charge in [-0.1, -0.05) is 48.2 Å². The minimum atomic E-state index is -0.223. The molecule has 0 saturated heterocycles. The minimum absolute atomic E-state index is 0.223. The molecule has 0 radical (unpaired) electrons. The van der Waals surface area contributed by atoms with Crippen molar-refractivity contribution in [3.63, 3.8) is 0 Å². The van der Waals surface area contributed by atoms with Crippen molar-refractivity contribution in [1.82, 2.24) is 15.3 Å². The molecule has 7 heteroatoms. The van der Waals surface area contributed by atoms with Crippen LogP contribution in [0.25, 0.3) is 11.3 Å². The summed E-state index contributed by atoms with van der Waals surface area (Å²) in [7, 11) is 0. The van der Waals surface area contributed by atoms with Crippen LogP contribution in [0.2, 0.25) is 0 Å². The summed E-state index contributed by atoms with van der Waals surface area (Å²) < 4.78 is 10.7. The Labute approximate surface area is 161 Å². The fourth-order valence-corrected chi connectivity index (χ4v) is 3.12. The number of amides is 1. The van der Waals surface area contributed by atoms with Crippen LogP contribution in [0.15, 0.2) is 59.9 Å². The van der Waals surface area contributed by atoms with E-state index in [2.05, 4.69) is 15.3 Å². The lowest BCUT2D eigenvalue weighted by Crippen LogP contribution is -2.24. The molecule has 0 bridgehead atoms. The van der Waals surface area contributed by atoms with Crippen LogP contribution < -0.4 is 14.8 Å². The molecule has 0 spiro atoms. The number of benzene rings is 2. The second-order valence-electron chi connectivity index (χ2n) is 5.86. The Balaban J connectivity index is 1.56. The summed E-state index contributed by atoms with van der Waals surface area (Å²) in [4.78, 5) is 21.6. The number of hydrogen-bond acceptors (Lipinski definition) is 6. The van der Waals surface area contributed by atoms with E-state index in [1.54, 1.807) is 6.20 Å². The first-order valence-electron chi connectivity index (χ1n) is 8.38. The molecule has 0 fully saturated rings.